The molecule has 2 saturated carbocycles. The summed E-state index contributed by atoms with van der Waals surface area (Å²) in [4.78, 5) is 81.3. The number of piperazine rings is 1. The lowest BCUT2D eigenvalue weighted by atomic mass is 9.93. The third-order valence-electron chi connectivity index (χ3n) is 9.47. The Hall–Kier alpha value is -5.15. The maximum atomic E-state index is 13.6. The van der Waals surface area contributed by atoms with E-state index in [9.17, 15) is 33.9 Å². The van der Waals surface area contributed by atoms with Crippen LogP contribution in [-0.4, -0.2) is 129 Å². The maximum Gasteiger partial charge on any atom is 0.407 e. The van der Waals surface area contributed by atoms with Crippen molar-refractivity contribution in [3.8, 4) is 11.6 Å². The molecule has 1 aromatic carbocycles. The second kappa shape index (κ2) is 15.0. The van der Waals surface area contributed by atoms with Crippen LogP contribution in [0.5, 0.6) is 5.88 Å². The van der Waals surface area contributed by atoms with Crippen LogP contribution in [0.15, 0.2) is 36.4 Å². The zero-order chi connectivity index (χ0) is 34.5. The average molecular weight is 679 g/mol. The van der Waals surface area contributed by atoms with Crippen molar-refractivity contribution in [1.29, 1.82) is 0 Å². The van der Waals surface area contributed by atoms with Gasteiger partial charge >= 0.3 is 6.09 Å². The molecule has 2 atom stereocenters. The van der Waals surface area contributed by atoms with Gasteiger partial charge in [-0.3, -0.25) is 24.0 Å². The van der Waals surface area contributed by atoms with Crippen LogP contribution < -0.4 is 20.7 Å². The highest BCUT2D eigenvalue weighted by atomic mass is 16.5. The quantitative estimate of drug-likeness (QED) is 0.245. The highest BCUT2D eigenvalue weighted by molar-refractivity contribution is 5.97. The fraction of sp³-hybridized carbons (Fsp3) is 0.545. The lowest BCUT2D eigenvalue weighted by molar-refractivity contribution is -0.140. The molecular formula is C33H42N8O8. The Labute approximate surface area is 283 Å². The molecule has 4 N–H and O–H groups in total. The van der Waals surface area contributed by atoms with Crippen molar-refractivity contribution < 1.29 is 38.6 Å². The number of ether oxygens (including phenoxy) is 1. The predicted molar refractivity (Wildman–Crippen MR) is 173 cm³/mol. The van der Waals surface area contributed by atoms with Crippen LogP contribution in [0.2, 0.25) is 0 Å². The first-order valence-corrected chi connectivity index (χ1v) is 16.9. The highest BCUT2D eigenvalue weighted by Gasteiger charge is 2.37. The Morgan fingerprint density at radius 1 is 0.878 bits per heavy atom. The number of para-hydroxylation sites is 1. The summed E-state index contributed by atoms with van der Waals surface area (Å²) in [7, 11) is 0. The van der Waals surface area contributed by atoms with E-state index in [2.05, 4.69) is 21.0 Å². The maximum absolute atomic E-state index is 13.6. The second-order valence-electron chi connectivity index (χ2n) is 12.9. The normalized spacial score (nSPS) is 19.8. The van der Waals surface area contributed by atoms with Crippen LogP contribution >= 0.6 is 0 Å². The zero-order valence-corrected chi connectivity index (χ0v) is 27.2. The highest BCUT2D eigenvalue weighted by Crippen LogP contribution is 2.28. The topological polar surface area (TPSA) is 196 Å². The monoisotopic (exact) mass is 678 g/mol. The predicted octanol–water partition coefficient (Wildman–Crippen LogP) is 0.358. The Bertz CT molecular complexity index is 1570. The molecule has 262 valence electrons. The van der Waals surface area contributed by atoms with Gasteiger partial charge in [-0.1, -0.05) is 18.2 Å². The van der Waals surface area contributed by atoms with Crippen LogP contribution in [0, 0.1) is 5.92 Å². The fourth-order valence-electron chi connectivity index (χ4n) is 6.20. The molecule has 1 aromatic heterocycles. The van der Waals surface area contributed by atoms with Gasteiger partial charge in [0, 0.05) is 57.3 Å². The summed E-state index contributed by atoms with van der Waals surface area (Å²) >= 11 is 0. The van der Waals surface area contributed by atoms with E-state index in [0.717, 1.165) is 32.1 Å². The van der Waals surface area contributed by atoms with Crippen molar-refractivity contribution in [2.75, 3.05) is 45.9 Å². The Morgan fingerprint density at radius 3 is 2.24 bits per heavy atom. The summed E-state index contributed by atoms with van der Waals surface area (Å²) in [6.07, 6.45) is 4.72. The number of rotatable bonds is 12. The molecule has 2 aliphatic heterocycles. The number of amides is 6. The number of aromatic nitrogens is 2. The number of nitrogens with zero attached hydrogens (tertiary/aromatic N) is 5. The number of benzene rings is 1. The summed E-state index contributed by atoms with van der Waals surface area (Å²) in [6.45, 7) is 0.437. The number of nitrogens with one attached hydrogen (secondary N) is 3. The van der Waals surface area contributed by atoms with Gasteiger partial charge in [0.2, 0.25) is 23.6 Å². The number of carbonyl (C=O) groups excluding carboxylic acids is 5. The van der Waals surface area contributed by atoms with Crippen molar-refractivity contribution in [2.24, 2.45) is 5.92 Å². The van der Waals surface area contributed by atoms with Crippen LogP contribution in [0.25, 0.3) is 5.69 Å². The van der Waals surface area contributed by atoms with E-state index in [1.54, 1.807) is 24.3 Å². The minimum absolute atomic E-state index is 0.0905. The first-order valence-electron chi connectivity index (χ1n) is 16.9. The van der Waals surface area contributed by atoms with Gasteiger partial charge in [0.05, 0.1) is 5.69 Å². The van der Waals surface area contributed by atoms with E-state index < -0.39 is 30.0 Å². The van der Waals surface area contributed by atoms with E-state index in [1.807, 2.05) is 6.07 Å². The molecule has 2 saturated heterocycles. The van der Waals surface area contributed by atoms with E-state index in [-0.39, 0.29) is 80.6 Å². The smallest absolute Gasteiger partial charge is 0.407 e. The van der Waals surface area contributed by atoms with Crippen LogP contribution in [-0.2, 0) is 19.2 Å². The molecule has 16 heteroatoms. The second-order valence-corrected chi connectivity index (χ2v) is 12.9. The first kappa shape index (κ1) is 33.7. The summed E-state index contributed by atoms with van der Waals surface area (Å²) < 4.78 is 7.32. The first-order chi connectivity index (χ1) is 23.7. The van der Waals surface area contributed by atoms with E-state index in [0.29, 0.717) is 25.1 Å². The molecule has 2 aromatic rings. The molecule has 49 heavy (non-hydrogen) atoms. The number of carbonyl (C=O) groups is 6. The van der Waals surface area contributed by atoms with Crippen LogP contribution in [0.3, 0.4) is 0 Å². The average Bonchev–Trinajstić information content (AvgIpc) is 3.67. The van der Waals surface area contributed by atoms with Crippen molar-refractivity contribution in [3.05, 3.63) is 42.1 Å². The molecular weight excluding hydrogens is 636 g/mol. The van der Waals surface area contributed by atoms with Gasteiger partial charge in [0.15, 0.2) is 12.3 Å². The summed E-state index contributed by atoms with van der Waals surface area (Å²) in [5, 5.41) is 22.2. The SMILES string of the molecule is O=C(N[C@@H](CNC(=O)C1CC1)C(=O)N1CCN(C(=O)O)CC1)c1cc(OCC(=O)N2CCC[C@H]2C(=O)NC2CCC2)n(-c2ccccc2)n1. The fourth-order valence-corrected chi connectivity index (χ4v) is 6.20. The van der Waals surface area contributed by atoms with Gasteiger partial charge in [0.25, 0.3) is 11.8 Å². The van der Waals surface area contributed by atoms with E-state index in [1.165, 1.54) is 25.4 Å². The number of likely N-dealkylation sites (tertiary alicyclic amines) is 1. The van der Waals surface area contributed by atoms with Crippen molar-refractivity contribution in [1.82, 2.24) is 40.4 Å². The van der Waals surface area contributed by atoms with Gasteiger partial charge < -0.3 is 40.5 Å². The Morgan fingerprint density at radius 2 is 1.59 bits per heavy atom. The van der Waals surface area contributed by atoms with Gasteiger partial charge in [-0.2, -0.15) is 5.10 Å². The molecule has 6 rings (SSSR count). The summed E-state index contributed by atoms with van der Waals surface area (Å²) in [5.74, 6) is -1.88. The minimum Gasteiger partial charge on any atom is -0.467 e. The standard InChI is InChI=1S/C33H42N8O8/c42-27(40-13-5-10-26(40)31(45)35-22-6-4-7-22)20-49-28-18-24(37-41(28)23-8-2-1-3-9-23)30(44)36-25(19-34-29(43)21-11-12-21)32(46)38-14-16-39(17-15-38)33(47)48/h1-3,8-9,18,21-22,25-26H,4-7,10-17,19-20H2,(H,34,43)(H,35,45)(H,36,44)(H,47,48)/t25-,26-/m0/s1. The third-order valence-corrected chi connectivity index (χ3v) is 9.47. The number of hydrogen-bond acceptors (Lipinski definition) is 8. The van der Waals surface area contributed by atoms with E-state index in [4.69, 9.17) is 4.74 Å². The van der Waals surface area contributed by atoms with Gasteiger partial charge in [-0.15, -0.1) is 0 Å². The van der Waals surface area contributed by atoms with Crippen LogP contribution in [0.4, 0.5) is 4.79 Å². The lowest BCUT2D eigenvalue weighted by Crippen LogP contribution is -2.58. The van der Waals surface area contributed by atoms with Crippen LogP contribution in [0.1, 0.15) is 55.4 Å². The molecule has 2 aliphatic carbocycles. The molecule has 6 amide bonds. The molecule has 4 fully saturated rings. The Kier molecular flexibility index (Phi) is 10.3. The number of hydrogen-bond donors (Lipinski definition) is 4. The molecule has 0 radical (unpaired) electrons. The van der Waals surface area contributed by atoms with Gasteiger partial charge in [0.1, 0.15) is 12.1 Å². The molecule has 16 nitrogen and oxygen atoms in total. The Balaban J connectivity index is 1.15. The number of carboxylic acid groups (broad SMARTS) is 1. The summed E-state index contributed by atoms with van der Waals surface area (Å²) in [5.41, 5.74) is 0.468. The van der Waals surface area contributed by atoms with Gasteiger partial charge in [-0.25, -0.2) is 9.48 Å². The van der Waals surface area contributed by atoms with Crippen molar-refractivity contribution in [2.45, 2.75) is 63.1 Å². The summed E-state index contributed by atoms with van der Waals surface area (Å²) in [6, 6.07) is 8.72. The van der Waals surface area contributed by atoms with E-state index >= 15 is 0 Å². The third kappa shape index (κ3) is 8.12. The lowest BCUT2D eigenvalue weighted by Gasteiger charge is -2.35. The minimum atomic E-state index is -1.14. The largest absolute Gasteiger partial charge is 0.467 e. The zero-order valence-electron chi connectivity index (χ0n) is 27.2. The molecule has 0 bridgehead atoms. The molecule has 0 spiro atoms. The van der Waals surface area contributed by atoms with Gasteiger partial charge in [-0.05, 0) is 57.1 Å². The van der Waals surface area contributed by atoms with Crippen molar-refractivity contribution in [3.63, 3.8) is 0 Å². The molecule has 3 heterocycles. The van der Waals surface area contributed by atoms with Crippen molar-refractivity contribution >= 4 is 35.6 Å². The molecule has 0 unspecified atom stereocenters. The molecule has 4 aliphatic rings.